The van der Waals surface area contributed by atoms with E-state index in [4.69, 9.17) is 0 Å². The maximum Gasteiger partial charge on any atom is 0.331 e. The molecule has 0 atom stereocenters. The molecule has 2 aromatic rings. The number of benzene rings is 1. The Hall–Kier alpha value is -3.20. The third kappa shape index (κ3) is 4.32. The van der Waals surface area contributed by atoms with Crippen LogP contribution in [-0.2, 0) is 14.3 Å². The van der Waals surface area contributed by atoms with Gasteiger partial charge in [-0.15, -0.1) is 5.10 Å². The van der Waals surface area contributed by atoms with E-state index >= 15 is 0 Å². The molecule has 0 saturated carbocycles. The lowest BCUT2D eigenvalue weighted by Gasteiger charge is -2.11. The standard InChI is InChI=1S/C18H17N5O3S/c1-11-7-12(2)16(23-6-4-5-20-23)13(8-11)10-19-22-18-21-17(25)14(27-18)9-15(24)26-3/h4-10H,1-3H3,(H,21,22,25)/b14-9+,19-10?. The van der Waals surface area contributed by atoms with Gasteiger partial charge in [-0.3, -0.25) is 10.1 Å². The first-order chi connectivity index (χ1) is 13.0. The molecule has 0 aliphatic carbocycles. The van der Waals surface area contributed by atoms with Gasteiger partial charge in [-0.2, -0.15) is 10.2 Å². The van der Waals surface area contributed by atoms with Gasteiger partial charge in [0.1, 0.15) is 0 Å². The topological polar surface area (TPSA) is 97.9 Å². The number of carbonyl (C=O) groups excluding carboxylic acids is 2. The maximum absolute atomic E-state index is 11.8. The fourth-order valence-corrected chi connectivity index (χ4v) is 3.33. The first-order valence-electron chi connectivity index (χ1n) is 7.99. The third-order valence-corrected chi connectivity index (χ3v) is 4.55. The molecule has 9 heteroatoms. The van der Waals surface area contributed by atoms with Crippen molar-refractivity contribution in [3.05, 3.63) is 58.3 Å². The minimum absolute atomic E-state index is 0.208. The highest BCUT2D eigenvalue weighted by atomic mass is 32.2. The molecule has 1 saturated heterocycles. The lowest BCUT2D eigenvalue weighted by atomic mass is 10.0. The van der Waals surface area contributed by atoms with E-state index in [1.165, 1.54) is 7.11 Å². The van der Waals surface area contributed by atoms with Gasteiger partial charge in [0, 0.05) is 24.0 Å². The van der Waals surface area contributed by atoms with Gasteiger partial charge in [0.05, 0.1) is 23.9 Å². The number of amidine groups is 1. The van der Waals surface area contributed by atoms with Crippen LogP contribution >= 0.6 is 11.8 Å². The number of rotatable bonds is 4. The molecular formula is C18H17N5O3S. The van der Waals surface area contributed by atoms with Gasteiger partial charge in [-0.1, -0.05) is 11.6 Å². The summed E-state index contributed by atoms with van der Waals surface area (Å²) in [6, 6.07) is 5.90. The van der Waals surface area contributed by atoms with Crippen molar-refractivity contribution in [1.82, 2.24) is 15.1 Å². The van der Waals surface area contributed by atoms with E-state index < -0.39 is 11.9 Å². The lowest BCUT2D eigenvalue weighted by Crippen LogP contribution is -2.19. The van der Waals surface area contributed by atoms with E-state index in [-0.39, 0.29) is 10.1 Å². The number of ether oxygens (including phenoxy) is 1. The summed E-state index contributed by atoms with van der Waals surface area (Å²) in [5.74, 6) is -1.01. The zero-order valence-electron chi connectivity index (χ0n) is 15.0. The van der Waals surface area contributed by atoms with Crippen LogP contribution in [0.2, 0.25) is 0 Å². The lowest BCUT2D eigenvalue weighted by molar-refractivity contribution is -0.135. The Balaban J connectivity index is 1.85. The van der Waals surface area contributed by atoms with Crippen molar-refractivity contribution in [3.8, 4) is 5.69 Å². The monoisotopic (exact) mass is 383 g/mol. The van der Waals surface area contributed by atoms with E-state index in [9.17, 15) is 9.59 Å². The fraction of sp³-hybridized carbons (Fsp3) is 0.167. The number of aryl methyl sites for hydroxylation is 2. The second-order valence-corrected chi connectivity index (χ2v) is 6.74. The van der Waals surface area contributed by atoms with E-state index in [1.807, 2.05) is 32.2 Å². The molecule has 8 nitrogen and oxygen atoms in total. The highest BCUT2D eigenvalue weighted by Gasteiger charge is 2.25. The number of methoxy groups -OCH3 is 1. The van der Waals surface area contributed by atoms with Crippen LogP contribution in [0.4, 0.5) is 0 Å². The first-order valence-corrected chi connectivity index (χ1v) is 8.80. The number of nitrogens with one attached hydrogen (secondary N) is 1. The second-order valence-electron chi connectivity index (χ2n) is 5.71. The van der Waals surface area contributed by atoms with Gasteiger partial charge in [0.25, 0.3) is 5.91 Å². The molecule has 0 unspecified atom stereocenters. The van der Waals surface area contributed by atoms with Gasteiger partial charge in [0.15, 0.2) is 5.17 Å². The third-order valence-electron chi connectivity index (χ3n) is 3.65. The van der Waals surface area contributed by atoms with Crippen LogP contribution < -0.4 is 5.32 Å². The van der Waals surface area contributed by atoms with Crippen LogP contribution in [0, 0.1) is 13.8 Å². The summed E-state index contributed by atoms with van der Waals surface area (Å²) in [5.41, 5.74) is 3.90. The zero-order chi connectivity index (χ0) is 19.4. The van der Waals surface area contributed by atoms with Crippen LogP contribution in [0.1, 0.15) is 16.7 Å². The van der Waals surface area contributed by atoms with Crippen molar-refractivity contribution in [3.63, 3.8) is 0 Å². The highest BCUT2D eigenvalue weighted by molar-refractivity contribution is 8.18. The molecule has 0 bridgehead atoms. The minimum Gasteiger partial charge on any atom is -0.466 e. The number of hydrogen-bond donors (Lipinski definition) is 1. The molecule has 0 spiro atoms. The van der Waals surface area contributed by atoms with Crippen molar-refractivity contribution in [2.24, 2.45) is 10.2 Å². The Morgan fingerprint density at radius 2 is 2.19 bits per heavy atom. The van der Waals surface area contributed by atoms with E-state index in [2.05, 4.69) is 31.4 Å². The van der Waals surface area contributed by atoms with Gasteiger partial charge in [-0.25, -0.2) is 9.48 Å². The number of carbonyl (C=O) groups is 2. The van der Waals surface area contributed by atoms with Gasteiger partial charge in [0.2, 0.25) is 0 Å². The largest absolute Gasteiger partial charge is 0.466 e. The molecule has 3 rings (SSSR count). The average Bonchev–Trinajstić information content (AvgIpc) is 3.25. The molecule has 1 aliphatic heterocycles. The normalized spacial score (nSPS) is 17.1. The van der Waals surface area contributed by atoms with Crippen molar-refractivity contribution < 1.29 is 14.3 Å². The number of amides is 1. The Bertz CT molecular complexity index is 977. The van der Waals surface area contributed by atoms with E-state index in [0.717, 1.165) is 40.2 Å². The van der Waals surface area contributed by atoms with Crippen LogP contribution in [0.25, 0.3) is 5.69 Å². The summed E-state index contributed by atoms with van der Waals surface area (Å²) < 4.78 is 6.29. The highest BCUT2D eigenvalue weighted by Crippen LogP contribution is 2.24. The number of hydrogen-bond acceptors (Lipinski definition) is 7. The summed E-state index contributed by atoms with van der Waals surface area (Å²) in [4.78, 5) is 23.3. The Morgan fingerprint density at radius 3 is 2.89 bits per heavy atom. The number of nitrogens with zero attached hydrogens (tertiary/aromatic N) is 4. The fourth-order valence-electron chi connectivity index (χ4n) is 2.59. The van der Waals surface area contributed by atoms with Gasteiger partial charge < -0.3 is 4.74 Å². The number of esters is 1. The smallest absolute Gasteiger partial charge is 0.331 e. The van der Waals surface area contributed by atoms with Crippen molar-refractivity contribution in [2.45, 2.75) is 13.8 Å². The molecule has 27 heavy (non-hydrogen) atoms. The van der Waals surface area contributed by atoms with Crippen LogP contribution in [0.15, 0.2) is 51.8 Å². The summed E-state index contributed by atoms with van der Waals surface area (Å²) in [5, 5.41) is 15.2. The Morgan fingerprint density at radius 1 is 1.37 bits per heavy atom. The molecule has 1 amide bonds. The van der Waals surface area contributed by atoms with E-state index in [1.54, 1.807) is 17.1 Å². The van der Waals surface area contributed by atoms with Crippen LogP contribution in [0.3, 0.4) is 0 Å². The van der Waals surface area contributed by atoms with Gasteiger partial charge in [-0.05, 0) is 43.3 Å². The number of aromatic nitrogens is 2. The van der Waals surface area contributed by atoms with Crippen LogP contribution in [0.5, 0.6) is 0 Å². The van der Waals surface area contributed by atoms with Gasteiger partial charge >= 0.3 is 5.97 Å². The Labute approximate surface area is 160 Å². The molecule has 0 radical (unpaired) electrons. The van der Waals surface area contributed by atoms with Crippen LogP contribution in [-0.4, -0.2) is 40.1 Å². The molecule has 1 N–H and O–H groups in total. The predicted molar refractivity (Wildman–Crippen MR) is 104 cm³/mol. The van der Waals surface area contributed by atoms with E-state index in [0.29, 0.717) is 0 Å². The summed E-state index contributed by atoms with van der Waals surface area (Å²) in [6.07, 6.45) is 6.29. The molecule has 138 valence electrons. The average molecular weight is 383 g/mol. The predicted octanol–water partition coefficient (Wildman–Crippen LogP) is 2.10. The molecule has 1 aromatic carbocycles. The summed E-state index contributed by atoms with van der Waals surface area (Å²) in [6.45, 7) is 4.00. The Kier molecular flexibility index (Phi) is 5.51. The van der Waals surface area contributed by atoms with Crippen molar-refractivity contribution in [2.75, 3.05) is 7.11 Å². The molecule has 1 aliphatic rings. The second kappa shape index (κ2) is 8.00. The number of thioether (sulfide) groups is 1. The van der Waals surface area contributed by atoms with Crippen molar-refractivity contribution in [1.29, 1.82) is 0 Å². The first kappa shape index (κ1) is 18.6. The summed E-state index contributed by atoms with van der Waals surface area (Å²) >= 11 is 1.02. The summed E-state index contributed by atoms with van der Waals surface area (Å²) in [7, 11) is 1.25. The van der Waals surface area contributed by atoms with Crippen molar-refractivity contribution >= 4 is 35.0 Å². The SMILES string of the molecule is COC(=O)/C=C1/S/C(=N\N=Cc2cc(C)cc(C)c2-n2cccn2)NC1=O. The quantitative estimate of drug-likeness (QED) is 0.377. The zero-order valence-corrected chi connectivity index (χ0v) is 15.8. The molecule has 2 heterocycles. The maximum atomic E-state index is 11.8. The molecular weight excluding hydrogens is 366 g/mol. The molecule has 1 fully saturated rings. The minimum atomic E-state index is -0.600. The molecule has 1 aromatic heterocycles.